The molecule has 3 rings (SSSR count). The van der Waals surface area contributed by atoms with Gasteiger partial charge in [-0.1, -0.05) is 18.2 Å². The lowest BCUT2D eigenvalue weighted by atomic mass is 9.87. The van der Waals surface area contributed by atoms with Gasteiger partial charge < -0.3 is 11.1 Å². The van der Waals surface area contributed by atoms with E-state index in [2.05, 4.69) is 5.32 Å². The topological polar surface area (TPSA) is 89.3 Å². The predicted molar refractivity (Wildman–Crippen MR) is 105 cm³/mol. The SMILES string of the molecule is Cl.Nc1ccc2c(c1)CCCC2NC(=O)Cc1ccc(S(=O)(=O)C(F)F)cc1. The molecule has 0 bridgehead atoms. The van der Waals surface area contributed by atoms with Gasteiger partial charge in [0.05, 0.1) is 17.4 Å². The second-order valence-electron chi connectivity index (χ2n) is 6.60. The number of carbonyl (C=O) groups is 1. The smallest absolute Gasteiger partial charge is 0.341 e. The Bertz CT molecular complexity index is 950. The van der Waals surface area contributed by atoms with Gasteiger partial charge in [0.25, 0.3) is 0 Å². The van der Waals surface area contributed by atoms with E-state index in [1.807, 2.05) is 18.2 Å². The van der Waals surface area contributed by atoms with Crippen molar-refractivity contribution >= 4 is 33.8 Å². The molecule has 0 radical (unpaired) electrons. The minimum atomic E-state index is -4.63. The first-order chi connectivity index (χ1) is 12.8. The molecule has 0 saturated heterocycles. The largest absolute Gasteiger partial charge is 0.399 e. The average molecular weight is 431 g/mol. The number of anilines is 1. The molecule has 1 amide bonds. The van der Waals surface area contributed by atoms with E-state index in [9.17, 15) is 22.0 Å². The van der Waals surface area contributed by atoms with E-state index in [1.54, 1.807) is 0 Å². The lowest BCUT2D eigenvalue weighted by Gasteiger charge is -2.26. The summed E-state index contributed by atoms with van der Waals surface area (Å²) in [5, 5.41) is 2.99. The quantitative estimate of drug-likeness (QED) is 0.711. The molecule has 2 aromatic rings. The molecule has 5 nitrogen and oxygen atoms in total. The number of carbonyl (C=O) groups excluding carboxylic acids is 1. The first-order valence-electron chi connectivity index (χ1n) is 8.56. The van der Waals surface area contributed by atoms with Crippen LogP contribution < -0.4 is 11.1 Å². The van der Waals surface area contributed by atoms with E-state index in [0.29, 0.717) is 11.3 Å². The van der Waals surface area contributed by atoms with Crippen molar-refractivity contribution in [2.45, 2.75) is 42.4 Å². The van der Waals surface area contributed by atoms with Crippen LogP contribution in [0.15, 0.2) is 47.4 Å². The van der Waals surface area contributed by atoms with Crippen LogP contribution >= 0.6 is 12.4 Å². The molecule has 0 aromatic heterocycles. The molecule has 9 heteroatoms. The van der Waals surface area contributed by atoms with Gasteiger partial charge in [-0.15, -0.1) is 12.4 Å². The van der Waals surface area contributed by atoms with Crippen molar-refractivity contribution in [3.05, 3.63) is 59.2 Å². The molecule has 0 heterocycles. The monoisotopic (exact) mass is 430 g/mol. The molecule has 152 valence electrons. The molecule has 0 aliphatic heterocycles. The fourth-order valence-corrected chi connectivity index (χ4v) is 4.04. The zero-order valence-electron chi connectivity index (χ0n) is 14.9. The number of nitrogens with two attached hydrogens (primary N) is 1. The van der Waals surface area contributed by atoms with Gasteiger partial charge >= 0.3 is 5.76 Å². The normalized spacial score (nSPS) is 16.2. The molecule has 0 fully saturated rings. The standard InChI is InChI=1S/C19H20F2N2O3S.ClH/c20-19(21)27(25,26)15-7-4-12(5-8-15)10-18(24)23-17-3-1-2-13-11-14(22)6-9-16(13)17;/h4-9,11,17,19H,1-3,10,22H2,(H,23,24);1H. The number of fused-ring (bicyclic) bond motifs is 1. The first kappa shape index (κ1) is 22.1. The van der Waals surface area contributed by atoms with Crippen molar-refractivity contribution in [2.75, 3.05) is 5.73 Å². The molecule has 1 aliphatic carbocycles. The molecule has 3 N–H and O–H groups in total. The van der Waals surface area contributed by atoms with E-state index in [1.165, 1.54) is 12.1 Å². The minimum Gasteiger partial charge on any atom is -0.399 e. The summed E-state index contributed by atoms with van der Waals surface area (Å²) in [4.78, 5) is 11.9. The summed E-state index contributed by atoms with van der Waals surface area (Å²) in [5.74, 6) is -3.68. The van der Waals surface area contributed by atoms with Crippen molar-refractivity contribution < 1.29 is 22.0 Å². The van der Waals surface area contributed by atoms with Crippen molar-refractivity contribution in [3.63, 3.8) is 0 Å². The Morgan fingerprint density at radius 1 is 1.18 bits per heavy atom. The lowest BCUT2D eigenvalue weighted by molar-refractivity contribution is -0.121. The zero-order chi connectivity index (χ0) is 19.6. The van der Waals surface area contributed by atoms with Gasteiger partial charge in [0.1, 0.15) is 0 Å². The van der Waals surface area contributed by atoms with Crippen LogP contribution in [-0.2, 0) is 27.5 Å². The molecule has 28 heavy (non-hydrogen) atoms. The van der Waals surface area contributed by atoms with E-state index in [0.717, 1.165) is 42.5 Å². The average Bonchev–Trinajstić information content (AvgIpc) is 2.62. The first-order valence-corrected chi connectivity index (χ1v) is 10.1. The van der Waals surface area contributed by atoms with Crippen molar-refractivity contribution in [3.8, 4) is 0 Å². The maximum Gasteiger partial charge on any atom is 0.341 e. The van der Waals surface area contributed by atoms with Crippen molar-refractivity contribution in [1.82, 2.24) is 5.32 Å². The lowest BCUT2D eigenvalue weighted by Crippen LogP contribution is -2.32. The van der Waals surface area contributed by atoms with Crippen LogP contribution in [0.3, 0.4) is 0 Å². The number of sulfone groups is 1. The Balaban J connectivity index is 0.00000280. The molecular weight excluding hydrogens is 410 g/mol. The summed E-state index contributed by atoms with van der Waals surface area (Å²) in [6, 6.07) is 10.5. The molecule has 2 aromatic carbocycles. The molecular formula is C19H21ClF2N2O3S. The number of amides is 1. The second-order valence-corrected chi connectivity index (χ2v) is 8.51. The van der Waals surface area contributed by atoms with E-state index < -0.39 is 20.5 Å². The number of nitrogens with one attached hydrogen (secondary N) is 1. The summed E-state index contributed by atoms with van der Waals surface area (Å²) >= 11 is 0. The van der Waals surface area contributed by atoms with Crippen molar-refractivity contribution in [2.24, 2.45) is 0 Å². The zero-order valence-corrected chi connectivity index (χ0v) is 16.5. The van der Waals surface area contributed by atoms with Gasteiger partial charge in [-0.3, -0.25) is 4.79 Å². The van der Waals surface area contributed by atoms with Crippen LogP contribution in [0.1, 0.15) is 35.6 Å². The highest BCUT2D eigenvalue weighted by Crippen LogP contribution is 2.31. The Kier molecular flexibility index (Phi) is 7.01. The summed E-state index contributed by atoms with van der Waals surface area (Å²) < 4.78 is 48.0. The van der Waals surface area contributed by atoms with Crippen LogP contribution in [0, 0.1) is 0 Å². The Hall–Kier alpha value is -2.19. The van der Waals surface area contributed by atoms with Gasteiger partial charge in [-0.05, 0) is 60.2 Å². The Morgan fingerprint density at radius 3 is 2.50 bits per heavy atom. The van der Waals surface area contributed by atoms with Crippen LogP contribution in [0.4, 0.5) is 14.5 Å². The van der Waals surface area contributed by atoms with Crippen LogP contribution in [0.5, 0.6) is 0 Å². The number of hydrogen-bond donors (Lipinski definition) is 2. The van der Waals surface area contributed by atoms with E-state index >= 15 is 0 Å². The molecule has 1 aliphatic rings. The van der Waals surface area contributed by atoms with Gasteiger partial charge in [0.2, 0.25) is 15.7 Å². The third-order valence-electron chi connectivity index (χ3n) is 4.67. The summed E-state index contributed by atoms with van der Waals surface area (Å²) in [6.07, 6.45) is 2.73. The fourth-order valence-electron chi connectivity index (χ4n) is 3.31. The third kappa shape index (κ3) is 4.80. The maximum absolute atomic E-state index is 12.6. The highest BCUT2D eigenvalue weighted by molar-refractivity contribution is 7.91. The van der Waals surface area contributed by atoms with Gasteiger partial charge in [0, 0.05) is 5.69 Å². The van der Waals surface area contributed by atoms with Gasteiger partial charge in [0.15, 0.2) is 0 Å². The van der Waals surface area contributed by atoms with Gasteiger partial charge in [-0.2, -0.15) is 8.78 Å². The summed E-state index contributed by atoms with van der Waals surface area (Å²) in [7, 11) is -4.63. The van der Waals surface area contributed by atoms with Crippen LogP contribution in [0.25, 0.3) is 0 Å². The number of benzene rings is 2. The molecule has 1 unspecified atom stereocenters. The molecule has 0 saturated carbocycles. The number of halogens is 3. The Labute approximate surface area is 168 Å². The maximum atomic E-state index is 12.6. The number of aryl methyl sites for hydroxylation is 1. The number of rotatable bonds is 5. The minimum absolute atomic E-state index is 0. The van der Waals surface area contributed by atoms with E-state index in [-0.39, 0.29) is 30.8 Å². The van der Waals surface area contributed by atoms with Crippen LogP contribution in [0.2, 0.25) is 0 Å². The Morgan fingerprint density at radius 2 is 1.86 bits per heavy atom. The molecule has 1 atom stereocenters. The van der Waals surface area contributed by atoms with E-state index in [4.69, 9.17) is 5.73 Å². The summed E-state index contributed by atoms with van der Waals surface area (Å²) in [5.41, 5.74) is 9.25. The highest BCUT2D eigenvalue weighted by atomic mass is 35.5. The highest BCUT2D eigenvalue weighted by Gasteiger charge is 2.26. The fraction of sp³-hybridized carbons (Fsp3) is 0.316. The predicted octanol–water partition coefficient (Wildman–Crippen LogP) is 3.42. The summed E-state index contributed by atoms with van der Waals surface area (Å²) in [6.45, 7) is 0. The molecule has 0 spiro atoms. The number of hydrogen-bond acceptors (Lipinski definition) is 4. The van der Waals surface area contributed by atoms with Crippen molar-refractivity contribution in [1.29, 1.82) is 0 Å². The van der Waals surface area contributed by atoms with Crippen LogP contribution in [-0.4, -0.2) is 20.1 Å². The number of nitrogen functional groups attached to an aromatic ring is 1. The number of alkyl halides is 2. The second kappa shape index (κ2) is 8.87. The third-order valence-corrected chi connectivity index (χ3v) is 6.07. The van der Waals surface area contributed by atoms with Gasteiger partial charge in [-0.25, -0.2) is 8.42 Å².